The molecular formula is C14H19N3O. The second-order valence-electron chi connectivity index (χ2n) is 5.08. The van der Waals surface area contributed by atoms with E-state index in [9.17, 15) is 4.79 Å². The zero-order valence-corrected chi connectivity index (χ0v) is 11.1. The van der Waals surface area contributed by atoms with Gasteiger partial charge in [0.15, 0.2) is 0 Å². The Hall–Kier alpha value is -2.02. The third-order valence-corrected chi connectivity index (χ3v) is 2.24. The Bertz CT molecular complexity index is 429. The Balaban J connectivity index is 2.86. The summed E-state index contributed by atoms with van der Waals surface area (Å²) in [5, 5.41) is 11.6. The van der Waals surface area contributed by atoms with Gasteiger partial charge < -0.3 is 5.32 Å². The molecule has 18 heavy (non-hydrogen) atoms. The lowest BCUT2D eigenvalue weighted by Gasteiger charge is -2.28. The van der Waals surface area contributed by atoms with Gasteiger partial charge in [-0.1, -0.05) is 18.2 Å². The largest absolute Gasteiger partial charge is 0.333 e. The van der Waals surface area contributed by atoms with Crippen molar-refractivity contribution in [2.24, 2.45) is 0 Å². The predicted octanol–water partition coefficient (Wildman–Crippen LogP) is 2.91. The third-order valence-electron chi connectivity index (χ3n) is 2.24. The minimum absolute atomic E-state index is 0.177. The van der Waals surface area contributed by atoms with E-state index in [4.69, 9.17) is 5.26 Å². The fraction of sp³-hybridized carbons (Fsp3) is 0.429. The van der Waals surface area contributed by atoms with E-state index in [0.29, 0.717) is 13.0 Å². The van der Waals surface area contributed by atoms with Crippen LogP contribution in [0.3, 0.4) is 0 Å². The number of para-hydroxylation sites is 1. The zero-order chi connectivity index (χ0) is 13.6. The van der Waals surface area contributed by atoms with Crippen LogP contribution in [0.4, 0.5) is 10.5 Å². The SMILES string of the molecule is CC(C)(C)NC(=O)N(CCC#N)c1ccccc1. The molecule has 0 bridgehead atoms. The molecule has 0 aliphatic carbocycles. The number of carbonyl (C=O) groups excluding carboxylic acids is 1. The van der Waals surface area contributed by atoms with Gasteiger partial charge in [0.25, 0.3) is 0 Å². The van der Waals surface area contributed by atoms with E-state index in [1.807, 2.05) is 51.1 Å². The van der Waals surface area contributed by atoms with Gasteiger partial charge >= 0.3 is 6.03 Å². The number of nitriles is 1. The van der Waals surface area contributed by atoms with Crippen molar-refractivity contribution < 1.29 is 4.79 Å². The predicted molar refractivity (Wildman–Crippen MR) is 72.3 cm³/mol. The molecule has 4 heteroatoms. The number of urea groups is 1. The van der Waals surface area contributed by atoms with Crippen molar-refractivity contribution in [3.63, 3.8) is 0 Å². The standard InChI is InChI=1S/C14H19N3O/c1-14(2,3)16-13(18)17(11-7-10-15)12-8-5-4-6-9-12/h4-6,8-9H,7,11H2,1-3H3,(H,16,18). The maximum Gasteiger partial charge on any atom is 0.322 e. The van der Waals surface area contributed by atoms with Crippen molar-refractivity contribution in [3.8, 4) is 6.07 Å². The molecule has 0 fully saturated rings. The number of carbonyl (C=O) groups is 1. The first-order chi connectivity index (χ1) is 8.44. The number of anilines is 1. The topological polar surface area (TPSA) is 56.1 Å². The summed E-state index contributed by atoms with van der Waals surface area (Å²) in [4.78, 5) is 13.8. The highest BCUT2D eigenvalue weighted by Crippen LogP contribution is 2.14. The molecule has 0 spiro atoms. The number of nitrogens with one attached hydrogen (secondary N) is 1. The second-order valence-corrected chi connectivity index (χ2v) is 5.08. The van der Waals surface area contributed by atoms with Crippen LogP contribution < -0.4 is 10.2 Å². The third kappa shape index (κ3) is 4.46. The molecule has 0 unspecified atom stereocenters. The molecular weight excluding hydrogens is 226 g/mol. The summed E-state index contributed by atoms with van der Waals surface area (Å²) < 4.78 is 0. The summed E-state index contributed by atoms with van der Waals surface area (Å²) in [7, 11) is 0. The molecule has 0 aliphatic rings. The fourth-order valence-corrected chi connectivity index (χ4v) is 1.51. The van der Waals surface area contributed by atoms with Gasteiger partial charge in [0.2, 0.25) is 0 Å². The lowest BCUT2D eigenvalue weighted by molar-refractivity contribution is 0.238. The van der Waals surface area contributed by atoms with E-state index in [0.717, 1.165) is 5.69 Å². The number of rotatable bonds is 3. The highest BCUT2D eigenvalue weighted by atomic mass is 16.2. The van der Waals surface area contributed by atoms with Gasteiger partial charge in [0, 0.05) is 17.8 Å². The average Bonchev–Trinajstić information content (AvgIpc) is 2.28. The van der Waals surface area contributed by atoms with Gasteiger partial charge in [-0.3, -0.25) is 4.90 Å². The summed E-state index contributed by atoms with van der Waals surface area (Å²) in [6.45, 7) is 6.18. The summed E-state index contributed by atoms with van der Waals surface area (Å²) >= 11 is 0. The van der Waals surface area contributed by atoms with Crippen LogP contribution >= 0.6 is 0 Å². The molecule has 4 nitrogen and oxygen atoms in total. The molecule has 1 aromatic rings. The summed E-state index contributed by atoms with van der Waals surface area (Å²) in [5.74, 6) is 0. The van der Waals surface area contributed by atoms with Crippen molar-refractivity contribution in [2.45, 2.75) is 32.7 Å². The van der Waals surface area contributed by atoms with Crippen LogP contribution in [0, 0.1) is 11.3 Å². The molecule has 0 radical (unpaired) electrons. The Kier molecular flexibility index (Phi) is 4.73. The minimum Gasteiger partial charge on any atom is -0.333 e. The number of hydrogen-bond donors (Lipinski definition) is 1. The molecule has 2 amide bonds. The van der Waals surface area contributed by atoms with Crippen LogP contribution in [-0.2, 0) is 0 Å². The number of hydrogen-bond acceptors (Lipinski definition) is 2. The van der Waals surface area contributed by atoms with Crippen LogP contribution in [0.2, 0.25) is 0 Å². The Morgan fingerprint density at radius 1 is 1.33 bits per heavy atom. The normalized spacial score (nSPS) is 10.6. The molecule has 0 saturated carbocycles. The number of benzene rings is 1. The van der Waals surface area contributed by atoms with E-state index >= 15 is 0 Å². The monoisotopic (exact) mass is 245 g/mol. The molecule has 0 aliphatic heterocycles. The van der Waals surface area contributed by atoms with Gasteiger partial charge in [-0.15, -0.1) is 0 Å². The Labute approximate surface area is 108 Å². The summed E-state index contributed by atoms with van der Waals surface area (Å²) in [6, 6.07) is 11.3. The van der Waals surface area contributed by atoms with Crippen LogP contribution in [0.5, 0.6) is 0 Å². The smallest absolute Gasteiger partial charge is 0.322 e. The Morgan fingerprint density at radius 3 is 2.44 bits per heavy atom. The van der Waals surface area contributed by atoms with E-state index < -0.39 is 0 Å². The zero-order valence-electron chi connectivity index (χ0n) is 11.1. The van der Waals surface area contributed by atoms with Crippen LogP contribution in [-0.4, -0.2) is 18.1 Å². The van der Waals surface area contributed by atoms with Crippen molar-refractivity contribution in [1.29, 1.82) is 5.26 Å². The summed E-state index contributed by atoms with van der Waals surface area (Å²) in [5.41, 5.74) is 0.506. The number of nitrogens with zero attached hydrogens (tertiary/aromatic N) is 2. The molecule has 0 aromatic heterocycles. The molecule has 1 aromatic carbocycles. The molecule has 0 saturated heterocycles. The van der Waals surface area contributed by atoms with E-state index in [2.05, 4.69) is 11.4 Å². The minimum atomic E-state index is -0.295. The van der Waals surface area contributed by atoms with Gasteiger partial charge in [0.05, 0.1) is 12.5 Å². The van der Waals surface area contributed by atoms with E-state index in [1.54, 1.807) is 4.90 Å². The molecule has 1 rings (SSSR count). The maximum absolute atomic E-state index is 12.2. The molecule has 0 heterocycles. The lowest BCUT2D eigenvalue weighted by Crippen LogP contribution is -2.49. The molecule has 96 valence electrons. The molecule has 0 atom stereocenters. The highest BCUT2D eigenvalue weighted by Gasteiger charge is 2.20. The lowest BCUT2D eigenvalue weighted by atomic mass is 10.1. The fourth-order valence-electron chi connectivity index (χ4n) is 1.51. The Morgan fingerprint density at radius 2 is 1.94 bits per heavy atom. The highest BCUT2D eigenvalue weighted by molar-refractivity contribution is 5.92. The second kappa shape index (κ2) is 6.06. The average molecular weight is 245 g/mol. The van der Waals surface area contributed by atoms with Crippen LogP contribution in [0.15, 0.2) is 30.3 Å². The van der Waals surface area contributed by atoms with Gasteiger partial charge in [0.1, 0.15) is 0 Å². The quantitative estimate of drug-likeness (QED) is 0.890. The van der Waals surface area contributed by atoms with Gasteiger partial charge in [-0.2, -0.15) is 5.26 Å². The van der Waals surface area contributed by atoms with Crippen LogP contribution in [0.25, 0.3) is 0 Å². The first kappa shape index (κ1) is 14.0. The molecule has 1 N–H and O–H groups in total. The van der Waals surface area contributed by atoms with Crippen molar-refractivity contribution in [3.05, 3.63) is 30.3 Å². The van der Waals surface area contributed by atoms with Crippen LogP contribution in [0.1, 0.15) is 27.2 Å². The van der Waals surface area contributed by atoms with Crippen molar-refractivity contribution in [1.82, 2.24) is 5.32 Å². The van der Waals surface area contributed by atoms with Gasteiger partial charge in [-0.25, -0.2) is 4.79 Å². The first-order valence-corrected chi connectivity index (χ1v) is 5.96. The van der Waals surface area contributed by atoms with Gasteiger partial charge in [-0.05, 0) is 32.9 Å². The van der Waals surface area contributed by atoms with E-state index in [-0.39, 0.29) is 11.6 Å². The summed E-state index contributed by atoms with van der Waals surface area (Å²) in [6.07, 6.45) is 0.312. The maximum atomic E-state index is 12.2. The van der Waals surface area contributed by atoms with Crippen molar-refractivity contribution in [2.75, 3.05) is 11.4 Å². The first-order valence-electron chi connectivity index (χ1n) is 5.96. The number of amides is 2. The van der Waals surface area contributed by atoms with E-state index in [1.165, 1.54) is 0 Å². The van der Waals surface area contributed by atoms with Crippen molar-refractivity contribution >= 4 is 11.7 Å².